The summed E-state index contributed by atoms with van der Waals surface area (Å²) in [6.45, 7) is 7.59. The zero-order valence-corrected chi connectivity index (χ0v) is 20.8. The first-order valence-corrected chi connectivity index (χ1v) is 11.4. The van der Waals surface area contributed by atoms with E-state index in [2.05, 4.69) is 21.2 Å². The first-order valence-electron chi connectivity index (χ1n) is 10.2. The van der Waals surface area contributed by atoms with Gasteiger partial charge in [-0.05, 0) is 103 Å². The van der Waals surface area contributed by atoms with Gasteiger partial charge in [0, 0.05) is 21.5 Å². The highest BCUT2D eigenvalue weighted by atomic mass is 79.9. The molecule has 0 radical (unpaired) electrons. The van der Waals surface area contributed by atoms with Crippen molar-refractivity contribution in [1.29, 1.82) is 0 Å². The van der Waals surface area contributed by atoms with Gasteiger partial charge in [0.1, 0.15) is 5.57 Å². The Kier molecular flexibility index (Phi) is 6.03. The summed E-state index contributed by atoms with van der Waals surface area (Å²) >= 11 is 9.67. The normalized spacial score (nSPS) is 15.4. The number of nitrogens with one attached hydrogen (secondary N) is 1. The number of rotatable bonds is 3. The lowest BCUT2D eigenvalue weighted by Gasteiger charge is -2.27. The van der Waals surface area contributed by atoms with Crippen LogP contribution in [0, 0.1) is 27.7 Å². The molecular formula is C25H21BrClN3O3. The quantitative estimate of drug-likeness (QED) is 0.347. The second-order valence-electron chi connectivity index (χ2n) is 8.06. The Hall–Kier alpha value is -3.16. The van der Waals surface area contributed by atoms with Crippen LogP contribution in [-0.2, 0) is 9.59 Å². The molecule has 6 nitrogen and oxygen atoms in total. The molecule has 1 N–H and O–H groups in total. The number of hydrogen-bond acceptors (Lipinski definition) is 3. The lowest BCUT2D eigenvalue weighted by atomic mass is 10.1. The van der Waals surface area contributed by atoms with Crippen LogP contribution in [-0.4, -0.2) is 22.4 Å². The fourth-order valence-corrected chi connectivity index (χ4v) is 4.50. The molecule has 1 aromatic heterocycles. The van der Waals surface area contributed by atoms with Gasteiger partial charge in [0.05, 0.1) is 10.7 Å². The van der Waals surface area contributed by atoms with E-state index in [-0.39, 0.29) is 5.57 Å². The van der Waals surface area contributed by atoms with E-state index in [1.54, 1.807) is 12.1 Å². The summed E-state index contributed by atoms with van der Waals surface area (Å²) in [4.78, 5) is 39.4. The highest BCUT2D eigenvalue weighted by molar-refractivity contribution is 9.10. The number of anilines is 1. The molecule has 168 valence electrons. The average Bonchev–Trinajstić information content (AvgIpc) is 2.99. The third-order valence-corrected chi connectivity index (χ3v) is 6.73. The summed E-state index contributed by atoms with van der Waals surface area (Å²) in [5.41, 5.74) is 5.41. The molecule has 0 unspecified atom stereocenters. The number of barbiturate groups is 1. The maximum absolute atomic E-state index is 13.3. The van der Waals surface area contributed by atoms with Crippen LogP contribution in [0.25, 0.3) is 11.8 Å². The Labute approximate surface area is 205 Å². The first-order chi connectivity index (χ1) is 15.6. The molecule has 1 aliphatic heterocycles. The van der Waals surface area contributed by atoms with Gasteiger partial charge in [-0.2, -0.15) is 0 Å². The van der Waals surface area contributed by atoms with Crippen molar-refractivity contribution in [3.63, 3.8) is 0 Å². The predicted octanol–water partition coefficient (Wildman–Crippen LogP) is 5.79. The lowest BCUT2D eigenvalue weighted by molar-refractivity contribution is -0.122. The molecule has 1 fully saturated rings. The molecule has 0 bridgehead atoms. The van der Waals surface area contributed by atoms with Gasteiger partial charge < -0.3 is 4.57 Å². The minimum atomic E-state index is -0.762. The second-order valence-corrected chi connectivity index (χ2v) is 9.33. The number of hydrogen-bond donors (Lipinski definition) is 1. The number of carbonyl (C=O) groups excluding carboxylic acids is 3. The molecule has 8 heteroatoms. The number of aryl methyl sites for hydroxylation is 3. The van der Waals surface area contributed by atoms with Gasteiger partial charge in [-0.3, -0.25) is 14.9 Å². The Morgan fingerprint density at radius 3 is 2.21 bits per heavy atom. The standard InChI is InChI=1S/C25H21BrClN3O3/c1-13-7-14(2)9-19(8-13)30-24(32)20(23(31)28-25(30)33)11-17-10-15(3)29(16(17)4)18-5-6-21(26)22(27)12-18/h5-12H,1-4H3,(H,28,31,33)/b20-11+. The molecule has 0 saturated carbocycles. The maximum Gasteiger partial charge on any atom is 0.335 e. The Morgan fingerprint density at radius 1 is 0.909 bits per heavy atom. The number of carbonyl (C=O) groups is 3. The number of nitrogens with zero attached hydrogens (tertiary/aromatic N) is 2. The van der Waals surface area contributed by atoms with Crippen molar-refractivity contribution in [1.82, 2.24) is 9.88 Å². The van der Waals surface area contributed by atoms with Crippen LogP contribution in [0.5, 0.6) is 0 Å². The van der Waals surface area contributed by atoms with Crippen LogP contribution in [0.3, 0.4) is 0 Å². The Balaban J connectivity index is 1.78. The minimum absolute atomic E-state index is 0.108. The van der Waals surface area contributed by atoms with Crippen molar-refractivity contribution >= 4 is 57.1 Å². The van der Waals surface area contributed by atoms with Crippen molar-refractivity contribution in [3.8, 4) is 5.69 Å². The lowest BCUT2D eigenvalue weighted by Crippen LogP contribution is -2.54. The van der Waals surface area contributed by atoms with Gasteiger partial charge in [0.25, 0.3) is 11.8 Å². The van der Waals surface area contributed by atoms with Crippen molar-refractivity contribution in [2.24, 2.45) is 0 Å². The number of amides is 4. The molecule has 4 amide bonds. The zero-order valence-electron chi connectivity index (χ0n) is 18.5. The summed E-state index contributed by atoms with van der Waals surface area (Å²) < 4.78 is 2.78. The fourth-order valence-electron chi connectivity index (χ4n) is 4.08. The van der Waals surface area contributed by atoms with E-state index in [9.17, 15) is 14.4 Å². The molecule has 0 aliphatic carbocycles. The van der Waals surface area contributed by atoms with Crippen LogP contribution in [0.2, 0.25) is 5.02 Å². The summed E-state index contributed by atoms with van der Waals surface area (Å²) in [6, 6.07) is 12.2. The highest BCUT2D eigenvalue weighted by Crippen LogP contribution is 2.30. The first kappa shape index (κ1) is 23.0. The average molecular weight is 527 g/mol. The van der Waals surface area contributed by atoms with Crippen LogP contribution >= 0.6 is 27.5 Å². The van der Waals surface area contributed by atoms with Crippen molar-refractivity contribution in [2.75, 3.05) is 4.90 Å². The summed E-state index contributed by atoms with van der Waals surface area (Å²) in [6.07, 6.45) is 1.53. The molecule has 0 atom stereocenters. The number of imide groups is 2. The number of benzene rings is 2. The number of aromatic nitrogens is 1. The van der Waals surface area contributed by atoms with E-state index in [1.165, 1.54) is 6.08 Å². The molecule has 0 spiro atoms. The fraction of sp³-hybridized carbons (Fsp3) is 0.160. The maximum atomic E-state index is 13.3. The van der Waals surface area contributed by atoms with Gasteiger partial charge in [0.15, 0.2) is 0 Å². The molecule has 33 heavy (non-hydrogen) atoms. The third kappa shape index (κ3) is 4.26. The van der Waals surface area contributed by atoms with E-state index in [1.807, 2.05) is 62.6 Å². The van der Waals surface area contributed by atoms with Crippen molar-refractivity contribution in [3.05, 3.63) is 85.6 Å². The monoisotopic (exact) mass is 525 g/mol. The SMILES string of the molecule is Cc1cc(C)cc(N2C(=O)NC(=O)/C(=C\c3cc(C)n(-c4ccc(Br)c(Cl)c4)c3C)C2=O)c1. The van der Waals surface area contributed by atoms with Gasteiger partial charge in [-0.1, -0.05) is 17.7 Å². The van der Waals surface area contributed by atoms with Crippen molar-refractivity contribution in [2.45, 2.75) is 27.7 Å². The van der Waals surface area contributed by atoms with E-state index < -0.39 is 17.8 Å². The van der Waals surface area contributed by atoms with Crippen LogP contribution < -0.4 is 10.2 Å². The highest BCUT2D eigenvalue weighted by Gasteiger charge is 2.37. The summed E-state index contributed by atoms with van der Waals surface area (Å²) in [5, 5.41) is 2.86. The van der Waals surface area contributed by atoms with Gasteiger partial charge in [-0.15, -0.1) is 0 Å². The third-order valence-electron chi connectivity index (χ3n) is 5.50. The van der Waals surface area contributed by atoms with E-state index in [0.717, 1.165) is 37.6 Å². The molecular weight excluding hydrogens is 506 g/mol. The number of urea groups is 1. The van der Waals surface area contributed by atoms with E-state index in [4.69, 9.17) is 11.6 Å². The molecule has 3 aromatic rings. The van der Waals surface area contributed by atoms with Crippen molar-refractivity contribution < 1.29 is 14.4 Å². The van der Waals surface area contributed by atoms with Crippen LogP contribution in [0.15, 0.2) is 52.5 Å². The molecule has 2 heterocycles. The van der Waals surface area contributed by atoms with Crippen LogP contribution in [0.1, 0.15) is 28.1 Å². The smallest absolute Gasteiger partial charge is 0.318 e. The molecule has 1 aliphatic rings. The largest absolute Gasteiger partial charge is 0.335 e. The second kappa shape index (κ2) is 8.65. The number of halogens is 2. The Morgan fingerprint density at radius 2 is 1.58 bits per heavy atom. The van der Waals surface area contributed by atoms with Gasteiger partial charge >= 0.3 is 6.03 Å². The predicted molar refractivity (Wildman–Crippen MR) is 133 cm³/mol. The van der Waals surface area contributed by atoms with E-state index >= 15 is 0 Å². The van der Waals surface area contributed by atoms with Crippen LogP contribution in [0.4, 0.5) is 10.5 Å². The summed E-state index contributed by atoms with van der Waals surface area (Å²) in [7, 11) is 0. The molecule has 4 rings (SSSR count). The Bertz CT molecular complexity index is 1350. The van der Waals surface area contributed by atoms with Gasteiger partial charge in [-0.25, -0.2) is 9.69 Å². The minimum Gasteiger partial charge on any atom is -0.318 e. The molecule has 1 saturated heterocycles. The summed E-state index contributed by atoms with van der Waals surface area (Å²) in [5.74, 6) is -1.38. The van der Waals surface area contributed by atoms with Gasteiger partial charge in [0.2, 0.25) is 0 Å². The zero-order chi connectivity index (χ0) is 24.0. The molecule has 2 aromatic carbocycles. The van der Waals surface area contributed by atoms with E-state index in [0.29, 0.717) is 16.3 Å². The topological polar surface area (TPSA) is 71.4 Å².